The van der Waals surface area contributed by atoms with Gasteiger partial charge in [-0.3, -0.25) is 4.79 Å². The molecule has 0 bridgehead atoms. The van der Waals surface area contributed by atoms with Crippen LogP contribution in [0, 0.1) is 6.92 Å². The Kier molecular flexibility index (Phi) is 4.17. The summed E-state index contributed by atoms with van der Waals surface area (Å²) in [6.07, 6.45) is -4.69. The lowest BCUT2D eigenvalue weighted by atomic mass is 10.1. The van der Waals surface area contributed by atoms with Gasteiger partial charge < -0.3 is 9.73 Å². The SMILES string of the molecule is Cc1cc(-c2nnc(C(F)(F)F)o2)ccc1NC(=O)CCl. The molecule has 0 aliphatic carbocycles. The Bertz CT molecular complexity index is 670. The van der Waals surface area contributed by atoms with E-state index in [4.69, 9.17) is 11.6 Å². The van der Waals surface area contributed by atoms with Crippen molar-refractivity contribution in [1.82, 2.24) is 10.2 Å². The average Bonchev–Trinajstić information content (AvgIpc) is 2.90. The van der Waals surface area contributed by atoms with Crippen LogP contribution in [-0.2, 0) is 11.0 Å². The van der Waals surface area contributed by atoms with E-state index in [1.807, 2.05) is 0 Å². The number of carbonyl (C=O) groups excluding carboxylic acids is 1. The Morgan fingerprint density at radius 3 is 2.62 bits per heavy atom. The van der Waals surface area contributed by atoms with Crippen LogP contribution < -0.4 is 5.32 Å². The van der Waals surface area contributed by atoms with Crippen molar-refractivity contribution in [2.24, 2.45) is 0 Å². The van der Waals surface area contributed by atoms with Gasteiger partial charge in [-0.05, 0) is 30.7 Å². The van der Waals surface area contributed by atoms with Gasteiger partial charge in [0.1, 0.15) is 5.88 Å². The van der Waals surface area contributed by atoms with Gasteiger partial charge in [-0.1, -0.05) is 0 Å². The minimum absolute atomic E-state index is 0.195. The molecule has 1 aromatic carbocycles. The van der Waals surface area contributed by atoms with Crippen molar-refractivity contribution >= 4 is 23.2 Å². The lowest BCUT2D eigenvalue weighted by molar-refractivity contribution is -0.156. The number of nitrogens with one attached hydrogen (secondary N) is 1. The summed E-state index contributed by atoms with van der Waals surface area (Å²) in [6, 6.07) is 4.51. The monoisotopic (exact) mass is 319 g/mol. The fourth-order valence-corrected chi connectivity index (χ4v) is 1.64. The Morgan fingerprint density at radius 1 is 1.38 bits per heavy atom. The highest BCUT2D eigenvalue weighted by Crippen LogP contribution is 2.31. The third-order valence-corrected chi connectivity index (χ3v) is 2.78. The standard InChI is InChI=1S/C12H9ClF3N3O2/c1-6-4-7(2-3-8(6)17-9(20)5-13)10-18-19-11(21-10)12(14,15)16/h2-4H,5H2,1H3,(H,17,20). The van der Waals surface area contributed by atoms with Crippen LogP contribution in [0.3, 0.4) is 0 Å². The second kappa shape index (κ2) is 5.72. The van der Waals surface area contributed by atoms with Crippen LogP contribution in [-0.4, -0.2) is 22.0 Å². The Labute approximate surface area is 122 Å². The van der Waals surface area contributed by atoms with Gasteiger partial charge in [-0.15, -0.1) is 21.8 Å². The molecule has 0 spiro atoms. The minimum Gasteiger partial charge on any atom is -0.413 e. The fourth-order valence-electron chi connectivity index (χ4n) is 1.58. The van der Waals surface area contributed by atoms with Gasteiger partial charge in [-0.25, -0.2) is 0 Å². The molecule has 0 fully saturated rings. The van der Waals surface area contributed by atoms with Crippen molar-refractivity contribution in [1.29, 1.82) is 0 Å². The second-order valence-corrected chi connectivity index (χ2v) is 4.39. The first kappa shape index (κ1) is 15.3. The first-order valence-electron chi connectivity index (χ1n) is 5.69. The van der Waals surface area contributed by atoms with E-state index in [2.05, 4.69) is 19.9 Å². The molecule has 0 aliphatic heterocycles. The van der Waals surface area contributed by atoms with Crippen LogP contribution in [0.1, 0.15) is 11.5 Å². The number of carbonyl (C=O) groups is 1. The number of anilines is 1. The highest BCUT2D eigenvalue weighted by atomic mass is 35.5. The summed E-state index contributed by atoms with van der Waals surface area (Å²) < 4.78 is 41.7. The van der Waals surface area contributed by atoms with E-state index in [-0.39, 0.29) is 17.7 Å². The predicted octanol–water partition coefficient (Wildman–Crippen LogP) is 3.24. The summed E-state index contributed by atoms with van der Waals surface area (Å²) in [4.78, 5) is 11.2. The summed E-state index contributed by atoms with van der Waals surface area (Å²) in [5.74, 6) is -2.24. The van der Waals surface area contributed by atoms with Gasteiger partial charge >= 0.3 is 12.1 Å². The number of benzene rings is 1. The molecule has 0 unspecified atom stereocenters. The molecule has 0 atom stereocenters. The van der Waals surface area contributed by atoms with E-state index < -0.39 is 12.1 Å². The normalized spacial score (nSPS) is 11.5. The summed E-state index contributed by atoms with van der Waals surface area (Å²) in [5.41, 5.74) is 1.44. The number of halogens is 4. The van der Waals surface area contributed by atoms with Crippen LogP contribution in [0.5, 0.6) is 0 Å². The van der Waals surface area contributed by atoms with Crippen molar-refractivity contribution in [3.05, 3.63) is 29.7 Å². The maximum atomic E-state index is 12.4. The van der Waals surface area contributed by atoms with Gasteiger partial charge in [0, 0.05) is 11.3 Å². The number of aromatic nitrogens is 2. The number of hydrogen-bond donors (Lipinski definition) is 1. The maximum absolute atomic E-state index is 12.4. The molecule has 0 saturated heterocycles. The molecule has 5 nitrogen and oxygen atoms in total. The van der Waals surface area contributed by atoms with E-state index >= 15 is 0 Å². The summed E-state index contributed by atoms with van der Waals surface area (Å²) in [7, 11) is 0. The van der Waals surface area contributed by atoms with Crippen LogP contribution >= 0.6 is 11.6 Å². The van der Waals surface area contributed by atoms with E-state index in [0.29, 0.717) is 16.8 Å². The quantitative estimate of drug-likeness (QED) is 0.882. The van der Waals surface area contributed by atoms with Crippen LogP contribution in [0.2, 0.25) is 0 Å². The topological polar surface area (TPSA) is 68.0 Å². The van der Waals surface area contributed by atoms with Crippen molar-refractivity contribution in [2.75, 3.05) is 11.2 Å². The summed E-state index contributed by atoms with van der Waals surface area (Å²) in [6.45, 7) is 1.67. The molecule has 1 heterocycles. The molecule has 112 valence electrons. The van der Waals surface area contributed by atoms with Crippen LogP contribution in [0.25, 0.3) is 11.5 Å². The first-order valence-corrected chi connectivity index (χ1v) is 6.22. The number of alkyl halides is 4. The van der Waals surface area contributed by atoms with Gasteiger partial charge in [-0.2, -0.15) is 13.2 Å². The molecular weight excluding hydrogens is 311 g/mol. The number of amides is 1. The lowest BCUT2D eigenvalue weighted by Gasteiger charge is -2.07. The lowest BCUT2D eigenvalue weighted by Crippen LogP contribution is -2.13. The first-order chi connectivity index (χ1) is 9.81. The van der Waals surface area contributed by atoms with E-state index in [0.717, 1.165) is 0 Å². The average molecular weight is 320 g/mol. The molecule has 0 saturated carbocycles. The van der Waals surface area contributed by atoms with E-state index in [1.54, 1.807) is 6.92 Å². The van der Waals surface area contributed by atoms with Crippen LogP contribution in [0.15, 0.2) is 22.6 Å². The molecule has 0 aliphatic rings. The smallest absolute Gasteiger partial charge is 0.413 e. The largest absolute Gasteiger partial charge is 0.470 e. The van der Waals surface area contributed by atoms with E-state index in [9.17, 15) is 18.0 Å². The molecule has 1 amide bonds. The van der Waals surface area contributed by atoms with Crippen molar-refractivity contribution in [2.45, 2.75) is 13.1 Å². The number of aryl methyl sites for hydroxylation is 1. The third kappa shape index (κ3) is 3.52. The van der Waals surface area contributed by atoms with Crippen molar-refractivity contribution in [3.63, 3.8) is 0 Å². The molecule has 2 rings (SSSR count). The van der Waals surface area contributed by atoms with Gasteiger partial charge in [0.2, 0.25) is 11.8 Å². The second-order valence-electron chi connectivity index (χ2n) is 4.12. The zero-order valence-electron chi connectivity index (χ0n) is 10.7. The fraction of sp³-hybridized carbons (Fsp3) is 0.250. The van der Waals surface area contributed by atoms with Gasteiger partial charge in [0.05, 0.1) is 0 Å². The number of rotatable bonds is 3. The number of nitrogens with zero attached hydrogens (tertiary/aromatic N) is 2. The van der Waals surface area contributed by atoms with Crippen LogP contribution in [0.4, 0.5) is 18.9 Å². The molecule has 9 heteroatoms. The van der Waals surface area contributed by atoms with E-state index in [1.165, 1.54) is 18.2 Å². The minimum atomic E-state index is -4.69. The summed E-state index contributed by atoms with van der Waals surface area (Å²) in [5, 5.41) is 8.85. The highest BCUT2D eigenvalue weighted by molar-refractivity contribution is 6.29. The number of hydrogen-bond acceptors (Lipinski definition) is 4. The highest BCUT2D eigenvalue weighted by Gasteiger charge is 2.38. The van der Waals surface area contributed by atoms with Crippen molar-refractivity contribution < 1.29 is 22.4 Å². The zero-order chi connectivity index (χ0) is 15.6. The van der Waals surface area contributed by atoms with Gasteiger partial charge in [0.15, 0.2) is 0 Å². The molecule has 0 radical (unpaired) electrons. The molecule has 1 N–H and O–H groups in total. The Hall–Kier alpha value is -2.09. The Balaban J connectivity index is 2.28. The maximum Gasteiger partial charge on any atom is 0.470 e. The van der Waals surface area contributed by atoms with Crippen molar-refractivity contribution in [3.8, 4) is 11.5 Å². The molecule has 2 aromatic rings. The third-order valence-electron chi connectivity index (χ3n) is 2.54. The zero-order valence-corrected chi connectivity index (χ0v) is 11.4. The Morgan fingerprint density at radius 2 is 2.10 bits per heavy atom. The van der Waals surface area contributed by atoms with Gasteiger partial charge in [0.25, 0.3) is 0 Å². The molecule has 1 aromatic heterocycles. The molecule has 21 heavy (non-hydrogen) atoms. The summed E-state index contributed by atoms with van der Waals surface area (Å²) >= 11 is 5.38. The predicted molar refractivity (Wildman–Crippen MR) is 68.8 cm³/mol. The molecular formula is C12H9ClF3N3O2.